The van der Waals surface area contributed by atoms with Gasteiger partial charge in [0.05, 0.1) is 18.3 Å². The van der Waals surface area contributed by atoms with Crippen molar-refractivity contribution in [1.29, 1.82) is 0 Å². The first-order valence-corrected chi connectivity index (χ1v) is 7.89. The molecule has 21 heavy (non-hydrogen) atoms. The van der Waals surface area contributed by atoms with Crippen LogP contribution in [-0.4, -0.2) is 33.4 Å². The van der Waals surface area contributed by atoms with Crippen LogP contribution in [0.2, 0.25) is 0 Å². The second-order valence-corrected chi connectivity index (χ2v) is 6.10. The zero-order valence-electron chi connectivity index (χ0n) is 12.1. The number of aryl methyl sites for hydroxylation is 2. The maximum absolute atomic E-state index is 12.3. The highest BCUT2D eigenvalue weighted by molar-refractivity contribution is 7.13. The summed E-state index contributed by atoms with van der Waals surface area (Å²) in [5, 5.41) is 5.37. The highest BCUT2D eigenvalue weighted by atomic mass is 32.1. The number of aromatic nitrogens is 2. The van der Waals surface area contributed by atoms with E-state index in [0.717, 1.165) is 30.8 Å². The number of carbonyl (C=O) groups is 1. The average Bonchev–Trinajstić information content (AvgIpc) is 3.14. The van der Waals surface area contributed by atoms with Crippen molar-refractivity contribution in [3.05, 3.63) is 28.9 Å². The van der Waals surface area contributed by atoms with Gasteiger partial charge in [0.25, 0.3) is 0 Å². The quantitative estimate of drug-likeness (QED) is 0.939. The number of nitrogens with one attached hydrogen (secondary N) is 1. The van der Waals surface area contributed by atoms with Crippen LogP contribution in [0.25, 0.3) is 0 Å². The molecule has 2 aromatic rings. The van der Waals surface area contributed by atoms with Crippen molar-refractivity contribution in [3.8, 4) is 0 Å². The number of hydrogen-bond donors (Lipinski definition) is 1. The van der Waals surface area contributed by atoms with Gasteiger partial charge in [0, 0.05) is 11.6 Å². The second kappa shape index (κ2) is 5.95. The van der Waals surface area contributed by atoms with E-state index in [1.54, 1.807) is 6.20 Å². The smallest absolute Gasteiger partial charge is 0.243 e. The van der Waals surface area contributed by atoms with Gasteiger partial charge in [-0.1, -0.05) is 0 Å². The molecule has 0 saturated carbocycles. The number of hydrogen-bond acceptors (Lipinski definition) is 6. The Labute approximate surface area is 127 Å². The summed E-state index contributed by atoms with van der Waals surface area (Å²) in [6.07, 6.45) is 3.55. The molecule has 0 radical (unpaired) electrons. The van der Waals surface area contributed by atoms with Gasteiger partial charge in [0.1, 0.15) is 5.76 Å². The van der Waals surface area contributed by atoms with Gasteiger partial charge in [-0.25, -0.2) is 9.97 Å². The lowest BCUT2D eigenvalue weighted by atomic mass is 10.2. The first-order valence-electron chi connectivity index (χ1n) is 7.01. The Morgan fingerprint density at radius 3 is 3.10 bits per heavy atom. The Kier molecular flexibility index (Phi) is 4.03. The zero-order chi connectivity index (χ0) is 14.8. The first-order chi connectivity index (χ1) is 10.1. The molecule has 0 aliphatic carbocycles. The Bertz CT molecular complexity index is 603. The fourth-order valence-corrected chi connectivity index (χ4v) is 3.10. The minimum atomic E-state index is -0.138. The van der Waals surface area contributed by atoms with Gasteiger partial charge in [-0.05, 0) is 33.2 Å². The Balaban J connectivity index is 1.66. The molecule has 1 aliphatic rings. The van der Waals surface area contributed by atoms with Crippen LogP contribution in [0.5, 0.6) is 0 Å². The Morgan fingerprint density at radius 1 is 1.57 bits per heavy atom. The maximum Gasteiger partial charge on any atom is 0.243 e. The molecule has 1 aliphatic heterocycles. The SMILES string of the molecule is Cc1nc(CN2CCC[C@H]2C(=O)Nc2nccs2)oc1C. The van der Waals surface area contributed by atoms with E-state index >= 15 is 0 Å². The van der Waals surface area contributed by atoms with Gasteiger partial charge in [-0.2, -0.15) is 0 Å². The third-order valence-corrected chi connectivity index (χ3v) is 4.43. The highest BCUT2D eigenvalue weighted by Gasteiger charge is 2.32. The monoisotopic (exact) mass is 306 g/mol. The number of amides is 1. The summed E-state index contributed by atoms with van der Waals surface area (Å²) in [6, 6.07) is -0.138. The van der Waals surface area contributed by atoms with E-state index in [0.29, 0.717) is 17.6 Å². The molecule has 6 nitrogen and oxygen atoms in total. The summed E-state index contributed by atoms with van der Waals surface area (Å²) in [6.45, 7) is 5.29. The number of carbonyl (C=O) groups excluding carboxylic acids is 1. The van der Waals surface area contributed by atoms with Crippen LogP contribution in [0.15, 0.2) is 16.0 Å². The van der Waals surface area contributed by atoms with Crippen molar-refractivity contribution in [2.24, 2.45) is 0 Å². The third-order valence-electron chi connectivity index (χ3n) is 3.74. The van der Waals surface area contributed by atoms with E-state index in [9.17, 15) is 4.79 Å². The molecule has 1 amide bonds. The number of likely N-dealkylation sites (tertiary alicyclic amines) is 1. The lowest BCUT2D eigenvalue weighted by Crippen LogP contribution is -2.39. The van der Waals surface area contributed by atoms with E-state index in [4.69, 9.17) is 4.42 Å². The van der Waals surface area contributed by atoms with E-state index in [2.05, 4.69) is 20.2 Å². The van der Waals surface area contributed by atoms with Crippen molar-refractivity contribution < 1.29 is 9.21 Å². The standard InChI is InChI=1S/C14H18N4O2S/c1-9-10(2)20-12(16-9)8-18-6-3-4-11(18)13(19)17-14-15-5-7-21-14/h5,7,11H,3-4,6,8H2,1-2H3,(H,15,17,19)/t11-/m0/s1. The highest BCUT2D eigenvalue weighted by Crippen LogP contribution is 2.22. The lowest BCUT2D eigenvalue weighted by Gasteiger charge is -2.21. The van der Waals surface area contributed by atoms with Crippen LogP contribution in [0.4, 0.5) is 5.13 Å². The number of anilines is 1. The number of thiazole rings is 1. The molecule has 3 rings (SSSR count). The van der Waals surface area contributed by atoms with Crippen molar-refractivity contribution in [3.63, 3.8) is 0 Å². The molecule has 2 aromatic heterocycles. The summed E-state index contributed by atoms with van der Waals surface area (Å²) in [5.74, 6) is 1.52. The molecule has 0 bridgehead atoms. The van der Waals surface area contributed by atoms with E-state index in [1.165, 1.54) is 11.3 Å². The Hall–Kier alpha value is -1.73. The second-order valence-electron chi connectivity index (χ2n) is 5.20. The summed E-state index contributed by atoms with van der Waals surface area (Å²) in [7, 11) is 0. The van der Waals surface area contributed by atoms with Crippen molar-refractivity contribution >= 4 is 22.4 Å². The molecule has 0 aromatic carbocycles. The van der Waals surface area contributed by atoms with Gasteiger partial charge in [-0.15, -0.1) is 11.3 Å². The first kappa shape index (κ1) is 14.2. The van der Waals surface area contributed by atoms with Gasteiger partial charge in [-0.3, -0.25) is 9.69 Å². The molecule has 7 heteroatoms. The molecule has 0 spiro atoms. The van der Waals surface area contributed by atoms with Gasteiger partial charge in [0.15, 0.2) is 5.13 Å². The molecule has 1 saturated heterocycles. The largest absolute Gasteiger partial charge is 0.444 e. The molecular weight excluding hydrogens is 288 g/mol. The molecular formula is C14H18N4O2S. The normalized spacial score (nSPS) is 19.0. The molecule has 1 atom stereocenters. The van der Waals surface area contributed by atoms with E-state index in [-0.39, 0.29) is 11.9 Å². The summed E-state index contributed by atoms with van der Waals surface area (Å²) in [5.41, 5.74) is 0.910. The van der Waals surface area contributed by atoms with Crippen LogP contribution in [0.1, 0.15) is 30.2 Å². The van der Waals surface area contributed by atoms with Crippen LogP contribution >= 0.6 is 11.3 Å². The Morgan fingerprint density at radius 2 is 2.43 bits per heavy atom. The average molecular weight is 306 g/mol. The molecule has 1 N–H and O–H groups in total. The van der Waals surface area contributed by atoms with Crippen LogP contribution in [-0.2, 0) is 11.3 Å². The fourth-order valence-electron chi connectivity index (χ4n) is 2.57. The molecule has 3 heterocycles. The van der Waals surface area contributed by atoms with E-state index in [1.807, 2.05) is 19.2 Å². The van der Waals surface area contributed by atoms with Gasteiger partial charge >= 0.3 is 0 Å². The van der Waals surface area contributed by atoms with Crippen molar-refractivity contribution in [2.75, 3.05) is 11.9 Å². The van der Waals surface area contributed by atoms with Crippen LogP contribution in [0.3, 0.4) is 0 Å². The molecule has 1 fully saturated rings. The topological polar surface area (TPSA) is 71.3 Å². The summed E-state index contributed by atoms with van der Waals surface area (Å²) in [4.78, 5) is 22.9. The number of rotatable bonds is 4. The van der Waals surface area contributed by atoms with Crippen molar-refractivity contribution in [1.82, 2.24) is 14.9 Å². The summed E-state index contributed by atoms with van der Waals surface area (Å²) >= 11 is 1.43. The number of nitrogens with zero attached hydrogens (tertiary/aromatic N) is 3. The fraction of sp³-hybridized carbons (Fsp3) is 0.500. The van der Waals surface area contributed by atoms with Gasteiger partial charge < -0.3 is 9.73 Å². The lowest BCUT2D eigenvalue weighted by molar-refractivity contribution is -0.120. The van der Waals surface area contributed by atoms with Crippen LogP contribution < -0.4 is 5.32 Å². The molecule has 0 unspecified atom stereocenters. The number of oxazole rings is 1. The molecule has 112 valence electrons. The third kappa shape index (κ3) is 3.14. The van der Waals surface area contributed by atoms with E-state index < -0.39 is 0 Å². The predicted octanol–water partition coefficient (Wildman–Crippen LogP) is 2.35. The maximum atomic E-state index is 12.3. The minimum Gasteiger partial charge on any atom is -0.444 e. The van der Waals surface area contributed by atoms with Gasteiger partial charge in [0.2, 0.25) is 11.8 Å². The van der Waals surface area contributed by atoms with Crippen LogP contribution in [0, 0.1) is 13.8 Å². The minimum absolute atomic E-state index is 0.00227. The zero-order valence-corrected chi connectivity index (χ0v) is 12.9. The summed E-state index contributed by atoms with van der Waals surface area (Å²) < 4.78 is 5.62. The van der Waals surface area contributed by atoms with Crippen molar-refractivity contribution in [2.45, 2.75) is 39.3 Å². The predicted molar refractivity (Wildman–Crippen MR) is 80.2 cm³/mol.